The molecule has 2 unspecified atom stereocenters. The molecule has 0 bridgehead atoms. The highest BCUT2D eigenvalue weighted by molar-refractivity contribution is 5.63. The molecule has 0 spiro atoms. The van der Waals surface area contributed by atoms with Gasteiger partial charge in [-0.3, -0.25) is 0 Å². The predicted octanol–water partition coefficient (Wildman–Crippen LogP) is 1.90. The zero-order valence-electron chi connectivity index (χ0n) is 11.8. The number of anilines is 2. The van der Waals surface area contributed by atoms with Crippen molar-refractivity contribution in [2.75, 3.05) is 30.9 Å². The second-order valence-electron chi connectivity index (χ2n) is 4.62. The fourth-order valence-electron chi connectivity index (χ4n) is 2.27. The zero-order chi connectivity index (χ0) is 13.7. The Morgan fingerprint density at radius 1 is 1.47 bits per heavy atom. The summed E-state index contributed by atoms with van der Waals surface area (Å²) in [5.41, 5.74) is 0. The molecule has 0 aromatic carbocycles. The normalized spacial score (nSPS) is 20.1. The molecule has 1 aliphatic heterocycles. The van der Waals surface area contributed by atoms with Gasteiger partial charge >= 0.3 is 0 Å². The average Bonchev–Trinajstić information content (AvgIpc) is 2.93. The van der Waals surface area contributed by atoms with Crippen molar-refractivity contribution in [2.45, 2.75) is 38.8 Å². The lowest BCUT2D eigenvalue weighted by Gasteiger charge is -2.22. The molecule has 1 fully saturated rings. The van der Waals surface area contributed by atoms with Crippen LogP contribution in [0.4, 0.5) is 11.6 Å². The van der Waals surface area contributed by atoms with Gasteiger partial charge in [-0.25, -0.2) is 9.97 Å². The van der Waals surface area contributed by atoms with Crippen LogP contribution in [0.1, 0.15) is 26.7 Å². The van der Waals surface area contributed by atoms with Crippen LogP contribution in [0.15, 0.2) is 6.33 Å². The molecule has 1 aliphatic rings. The van der Waals surface area contributed by atoms with Crippen LogP contribution in [0, 0.1) is 0 Å². The van der Waals surface area contributed by atoms with Crippen LogP contribution in [0.2, 0.25) is 0 Å². The molecule has 1 aromatic rings. The Bertz CT molecular complexity index is 408. The Morgan fingerprint density at radius 2 is 2.26 bits per heavy atom. The number of nitrogens with zero attached hydrogens (tertiary/aromatic N) is 2. The third kappa shape index (κ3) is 3.26. The Kier molecular flexibility index (Phi) is 4.79. The van der Waals surface area contributed by atoms with Crippen molar-refractivity contribution < 1.29 is 9.47 Å². The molecule has 19 heavy (non-hydrogen) atoms. The van der Waals surface area contributed by atoms with Crippen LogP contribution in [0.5, 0.6) is 5.75 Å². The van der Waals surface area contributed by atoms with Gasteiger partial charge in [0.05, 0.1) is 19.3 Å². The Hall–Kier alpha value is -1.56. The molecule has 106 valence electrons. The van der Waals surface area contributed by atoms with Crippen molar-refractivity contribution in [3.8, 4) is 5.75 Å². The second-order valence-corrected chi connectivity index (χ2v) is 4.62. The average molecular weight is 266 g/mol. The maximum absolute atomic E-state index is 5.68. The predicted molar refractivity (Wildman–Crippen MR) is 74.8 cm³/mol. The van der Waals surface area contributed by atoms with Crippen molar-refractivity contribution in [3.05, 3.63) is 6.33 Å². The van der Waals surface area contributed by atoms with Gasteiger partial charge in [0, 0.05) is 13.2 Å². The van der Waals surface area contributed by atoms with Crippen molar-refractivity contribution in [3.63, 3.8) is 0 Å². The Balaban J connectivity index is 2.12. The first-order valence-electron chi connectivity index (χ1n) is 6.77. The van der Waals surface area contributed by atoms with Gasteiger partial charge in [0.25, 0.3) is 0 Å². The summed E-state index contributed by atoms with van der Waals surface area (Å²) in [4.78, 5) is 8.45. The van der Waals surface area contributed by atoms with E-state index in [2.05, 4.69) is 27.5 Å². The summed E-state index contributed by atoms with van der Waals surface area (Å²) < 4.78 is 11.1. The number of nitrogens with one attached hydrogen (secondary N) is 2. The summed E-state index contributed by atoms with van der Waals surface area (Å²) in [7, 11) is 1.63. The first-order chi connectivity index (χ1) is 9.26. The first-order valence-corrected chi connectivity index (χ1v) is 6.77. The van der Waals surface area contributed by atoms with E-state index in [0.29, 0.717) is 17.4 Å². The molecular formula is C13H22N4O2. The molecule has 2 heterocycles. The highest BCUT2D eigenvalue weighted by Crippen LogP contribution is 2.30. The minimum Gasteiger partial charge on any atom is -0.490 e. The van der Waals surface area contributed by atoms with Crippen LogP contribution < -0.4 is 15.4 Å². The summed E-state index contributed by atoms with van der Waals surface area (Å²) in [5, 5.41) is 6.52. The van der Waals surface area contributed by atoms with E-state index in [9.17, 15) is 0 Å². The summed E-state index contributed by atoms with van der Waals surface area (Å²) in [6.07, 6.45) is 3.98. The smallest absolute Gasteiger partial charge is 0.204 e. The topological polar surface area (TPSA) is 68.3 Å². The maximum atomic E-state index is 5.68. The van der Waals surface area contributed by atoms with Gasteiger partial charge in [0.1, 0.15) is 6.33 Å². The number of hydrogen-bond acceptors (Lipinski definition) is 6. The Morgan fingerprint density at radius 3 is 2.89 bits per heavy atom. The summed E-state index contributed by atoms with van der Waals surface area (Å²) in [5.74, 6) is 2.06. The summed E-state index contributed by atoms with van der Waals surface area (Å²) in [6, 6.07) is 0.195. The minimum absolute atomic E-state index is 0.195. The number of ether oxygens (including phenoxy) is 2. The molecule has 0 amide bonds. The van der Waals surface area contributed by atoms with E-state index in [0.717, 1.165) is 26.0 Å². The number of methoxy groups -OCH3 is 1. The molecule has 6 nitrogen and oxygen atoms in total. The first kappa shape index (κ1) is 13.9. The lowest BCUT2D eigenvalue weighted by molar-refractivity contribution is 0.0995. The van der Waals surface area contributed by atoms with Gasteiger partial charge in [0.15, 0.2) is 11.6 Å². The van der Waals surface area contributed by atoms with Crippen LogP contribution in [0.25, 0.3) is 0 Å². The van der Waals surface area contributed by atoms with E-state index in [1.165, 1.54) is 6.33 Å². The van der Waals surface area contributed by atoms with Gasteiger partial charge in [-0.15, -0.1) is 0 Å². The summed E-state index contributed by atoms with van der Waals surface area (Å²) in [6.45, 7) is 5.75. The molecule has 2 N–H and O–H groups in total. The highest BCUT2D eigenvalue weighted by Gasteiger charge is 2.24. The zero-order valence-corrected chi connectivity index (χ0v) is 11.8. The standard InChI is InChI=1S/C13H22N4O2/c1-4-14-12-11(18-3)13(16-8-15-12)17-9(2)10-6-5-7-19-10/h8-10H,4-7H2,1-3H3,(H2,14,15,16,17). The van der Waals surface area contributed by atoms with Gasteiger partial charge in [-0.05, 0) is 26.7 Å². The molecule has 0 saturated carbocycles. The fourth-order valence-corrected chi connectivity index (χ4v) is 2.27. The van der Waals surface area contributed by atoms with Crippen LogP contribution in [0.3, 0.4) is 0 Å². The van der Waals surface area contributed by atoms with E-state index in [1.807, 2.05) is 6.92 Å². The lowest BCUT2D eigenvalue weighted by Crippen LogP contribution is -2.30. The third-order valence-electron chi connectivity index (χ3n) is 3.24. The van der Waals surface area contributed by atoms with Crippen LogP contribution in [-0.4, -0.2) is 42.4 Å². The molecule has 1 aromatic heterocycles. The van der Waals surface area contributed by atoms with Crippen molar-refractivity contribution in [1.82, 2.24) is 9.97 Å². The van der Waals surface area contributed by atoms with Crippen LogP contribution >= 0.6 is 0 Å². The van der Waals surface area contributed by atoms with E-state index in [-0.39, 0.29) is 12.1 Å². The second kappa shape index (κ2) is 6.56. The van der Waals surface area contributed by atoms with Crippen LogP contribution in [-0.2, 0) is 4.74 Å². The van der Waals surface area contributed by atoms with Gasteiger partial charge in [0.2, 0.25) is 5.75 Å². The summed E-state index contributed by atoms with van der Waals surface area (Å²) >= 11 is 0. The Labute approximate surface area is 113 Å². The van der Waals surface area contributed by atoms with Crippen molar-refractivity contribution in [2.24, 2.45) is 0 Å². The SMILES string of the molecule is CCNc1ncnc(NC(C)C2CCCO2)c1OC. The number of rotatable bonds is 6. The van der Waals surface area contributed by atoms with Crippen molar-refractivity contribution >= 4 is 11.6 Å². The lowest BCUT2D eigenvalue weighted by atomic mass is 10.1. The monoisotopic (exact) mass is 266 g/mol. The van der Waals surface area contributed by atoms with E-state index >= 15 is 0 Å². The van der Waals surface area contributed by atoms with E-state index in [1.54, 1.807) is 7.11 Å². The van der Waals surface area contributed by atoms with Gasteiger partial charge in [-0.2, -0.15) is 0 Å². The highest BCUT2D eigenvalue weighted by atomic mass is 16.5. The maximum Gasteiger partial charge on any atom is 0.204 e. The largest absolute Gasteiger partial charge is 0.490 e. The number of aromatic nitrogens is 2. The third-order valence-corrected chi connectivity index (χ3v) is 3.24. The molecular weight excluding hydrogens is 244 g/mol. The van der Waals surface area contributed by atoms with Gasteiger partial charge in [-0.1, -0.05) is 0 Å². The quantitative estimate of drug-likeness (QED) is 0.819. The molecule has 0 radical (unpaired) electrons. The van der Waals surface area contributed by atoms with E-state index in [4.69, 9.17) is 9.47 Å². The molecule has 1 saturated heterocycles. The molecule has 0 aliphatic carbocycles. The molecule has 2 rings (SSSR count). The minimum atomic E-state index is 0.195. The number of hydrogen-bond donors (Lipinski definition) is 2. The molecule has 6 heteroatoms. The van der Waals surface area contributed by atoms with Crippen molar-refractivity contribution in [1.29, 1.82) is 0 Å². The van der Waals surface area contributed by atoms with Gasteiger partial charge < -0.3 is 20.1 Å². The fraction of sp³-hybridized carbons (Fsp3) is 0.692. The van der Waals surface area contributed by atoms with E-state index < -0.39 is 0 Å². The molecule has 2 atom stereocenters.